The van der Waals surface area contributed by atoms with Crippen LogP contribution < -0.4 is 5.32 Å². The molecule has 6 nitrogen and oxygen atoms in total. The van der Waals surface area contributed by atoms with E-state index in [1.807, 2.05) is 24.6 Å². The summed E-state index contributed by atoms with van der Waals surface area (Å²) in [6, 6.07) is 2.05. The Bertz CT molecular complexity index is 604. The van der Waals surface area contributed by atoms with E-state index in [0.29, 0.717) is 24.2 Å². The summed E-state index contributed by atoms with van der Waals surface area (Å²) >= 11 is 0. The highest BCUT2D eigenvalue weighted by Crippen LogP contribution is 2.39. The smallest absolute Gasteiger partial charge is 0.274 e. The van der Waals surface area contributed by atoms with E-state index in [1.54, 1.807) is 11.9 Å². The molecule has 1 aliphatic rings. The lowest BCUT2D eigenvalue weighted by Gasteiger charge is -2.24. The van der Waals surface area contributed by atoms with Gasteiger partial charge in [0.15, 0.2) is 5.69 Å². The van der Waals surface area contributed by atoms with Gasteiger partial charge in [-0.3, -0.25) is 14.3 Å². The number of likely N-dealkylation sites (N-methyl/N-ethyl adjacent to an activating group) is 1. The third kappa shape index (κ3) is 4.00. The van der Waals surface area contributed by atoms with E-state index in [2.05, 4.69) is 23.9 Å². The first-order valence-corrected chi connectivity index (χ1v) is 8.08. The van der Waals surface area contributed by atoms with Crippen LogP contribution in [0.25, 0.3) is 0 Å². The van der Waals surface area contributed by atoms with Crippen LogP contribution in [-0.4, -0.2) is 46.1 Å². The molecule has 2 amide bonds. The van der Waals surface area contributed by atoms with Crippen LogP contribution in [0, 0.1) is 12.8 Å². The van der Waals surface area contributed by atoms with Crippen molar-refractivity contribution < 1.29 is 9.59 Å². The molecular formula is C17H26N4O2. The zero-order valence-corrected chi connectivity index (χ0v) is 14.4. The van der Waals surface area contributed by atoms with Gasteiger partial charge < -0.3 is 10.2 Å². The van der Waals surface area contributed by atoms with Gasteiger partial charge >= 0.3 is 0 Å². The minimum atomic E-state index is -0.240. The number of nitrogens with one attached hydrogen (secondary N) is 1. The molecule has 0 saturated heterocycles. The van der Waals surface area contributed by atoms with E-state index in [1.165, 1.54) is 18.9 Å². The van der Waals surface area contributed by atoms with Crippen LogP contribution in [0.4, 0.5) is 0 Å². The standard InChI is InChI=1S/C17H26N4O2/c1-6-16(22)18-10-12(3)20(5)17(23)15-9-11(2)21(19-15)13(4)14-7-8-14/h6,9,12-14H,1,7-8,10H2,2-5H3,(H,18,22). The van der Waals surface area contributed by atoms with E-state index in [9.17, 15) is 9.59 Å². The van der Waals surface area contributed by atoms with Crippen molar-refractivity contribution in [3.05, 3.63) is 30.1 Å². The number of amides is 2. The Kier molecular flexibility index (Phi) is 5.23. The number of aryl methyl sites for hydroxylation is 1. The topological polar surface area (TPSA) is 67.2 Å². The highest BCUT2D eigenvalue weighted by molar-refractivity contribution is 5.92. The first-order valence-electron chi connectivity index (χ1n) is 8.08. The van der Waals surface area contributed by atoms with E-state index < -0.39 is 0 Å². The predicted octanol–water partition coefficient (Wildman–Crippen LogP) is 1.93. The molecule has 23 heavy (non-hydrogen) atoms. The van der Waals surface area contributed by atoms with Crippen molar-refractivity contribution in [2.75, 3.05) is 13.6 Å². The van der Waals surface area contributed by atoms with Gasteiger partial charge in [0.25, 0.3) is 5.91 Å². The van der Waals surface area contributed by atoms with Gasteiger partial charge in [-0.15, -0.1) is 0 Å². The van der Waals surface area contributed by atoms with Crippen LogP contribution in [-0.2, 0) is 4.79 Å². The highest BCUT2D eigenvalue weighted by Gasteiger charge is 2.31. The minimum Gasteiger partial charge on any atom is -0.351 e. The number of rotatable bonds is 7. The minimum absolute atomic E-state index is 0.127. The van der Waals surface area contributed by atoms with Gasteiger partial charge in [0.1, 0.15) is 0 Å². The second-order valence-electron chi connectivity index (χ2n) is 6.41. The number of carbonyl (C=O) groups is 2. The molecule has 1 aliphatic carbocycles. The molecule has 1 N–H and O–H groups in total. The molecule has 0 radical (unpaired) electrons. The van der Waals surface area contributed by atoms with Crippen LogP contribution in [0.5, 0.6) is 0 Å². The van der Waals surface area contributed by atoms with Crippen molar-refractivity contribution in [2.24, 2.45) is 5.92 Å². The van der Waals surface area contributed by atoms with E-state index in [4.69, 9.17) is 0 Å². The molecule has 1 heterocycles. The second-order valence-corrected chi connectivity index (χ2v) is 6.41. The quantitative estimate of drug-likeness (QED) is 0.781. The van der Waals surface area contributed by atoms with Crippen molar-refractivity contribution >= 4 is 11.8 Å². The van der Waals surface area contributed by atoms with Crippen LogP contribution in [0.15, 0.2) is 18.7 Å². The lowest BCUT2D eigenvalue weighted by molar-refractivity contribution is -0.116. The molecule has 1 aromatic rings. The number of nitrogens with zero attached hydrogens (tertiary/aromatic N) is 3. The van der Waals surface area contributed by atoms with Gasteiger partial charge in [0, 0.05) is 25.3 Å². The van der Waals surface area contributed by atoms with E-state index in [-0.39, 0.29) is 17.9 Å². The Balaban J connectivity index is 2.02. The van der Waals surface area contributed by atoms with E-state index in [0.717, 1.165) is 5.69 Å². The number of hydrogen-bond donors (Lipinski definition) is 1. The number of aromatic nitrogens is 2. The monoisotopic (exact) mass is 318 g/mol. The Morgan fingerprint density at radius 2 is 2.17 bits per heavy atom. The zero-order valence-electron chi connectivity index (χ0n) is 14.4. The summed E-state index contributed by atoms with van der Waals surface area (Å²) in [6.45, 7) is 9.81. The molecule has 2 rings (SSSR count). The lowest BCUT2D eigenvalue weighted by atomic mass is 10.2. The van der Waals surface area contributed by atoms with Crippen LogP contribution >= 0.6 is 0 Å². The predicted molar refractivity (Wildman–Crippen MR) is 89.2 cm³/mol. The first kappa shape index (κ1) is 17.2. The number of carbonyl (C=O) groups excluding carboxylic acids is 2. The third-order valence-electron chi connectivity index (χ3n) is 4.57. The summed E-state index contributed by atoms with van der Waals surface area (Å²) in [7, 11) is 1.73. The largest absolute Gasteiger partial charge is 0.351 e. The van der Waals surface area contributed by atoms with Gasteiger partial charge in [-0.05, 0) is 51.7 Å². The molecule has 0 bridgehead atoms. The Hall–Kier alpha value is -2.11. The zero-order chi connectivity index (χ0) is 17.1. The summed E-state index contributed by atoms with van der Waals surface area (Å²) in [5.41, 5.74) is 1.47. The molecule has 6 heteroatoms. The average molecular weight is 318 g/mol. The van der Waals surface area contributed by atoms with Gasteiger partial charge in [0.2, 0.25) is 5.91 Å². The molecule has 126 valence electrons. The fraction of sp³-hybridized carbons (Fsp3) is 0.588. The van der Waals surface area contributed by atoms with Crippen molar-refractivity contribution in [3.63, 3.8) is 0 Å². The SMILES string of the molecule is C=CC(=O)NCC(C)N(C)C(=O)c1cc(C)n(C(C)C2CC2)n1. The molecule has 0 aliphatic heterocycles. The molecule has 0 aromatic carbocycles. The normalized spacial score (nSPS) is 16.5. The Morgan fingerprint density at radius 3 is 2.74 bits per heavy atom. The molecule has 2 atom stereocenters. The van der Waals surface area contributed by atoms with Crippen LogP contribution in [0.3, 0.4) is 0 Å². The molecular weight excluding hydrogens is 292 g/mol. The summed E-state index contributed by atoms with van der Waals surface area (Å²) in [6.07, 6.45) is 3.70. The molecule has 2 unspecified atom stereocenters. The highest BCUT2D eigenvalue weighted by atomic mass is 16.2. The Morgan fingerprint density at radius 1 is 1.52 bits per heavy atom. The van der Waals surface area contributed by atoms with Crippen molar-refractivity contribution in [1.29, 1.82) is 0 Å². The third-order valence-corrected chi connectivity index (χ3v) is 4.57. The maximum Gasteiger partial charge on any atom is 0.274 e. The summed E-state index contributed by atoms with van der Waals surface area (Å²) in [4.78, 5) is 25.4. The second kappa shape index (κ2) is 6.98. The first-order chi connectivity index (χ1) is 10.8. The van der Waals surface area contributed by atoms with Crippen LogP contribution in [0.2, 0.25) is 0 Å². The van der Waals surface area contributed by atoms with Crippen molar-refractivity contribution in [1.82, 2.24) is 20.0 Å². The maximum absolute atomic E-state index is 12.6. The molecule has 1 saturated carbocycles. The van der Waals surface area contributed by atoms with Crippen molar-refractivity contribution in [3.8, 4) is 0 Å². The average Bonchev–Trinajstić information content (AvgIpc) is 3.32. The maximum atomic E-state index is 12.6. The van der Waals surface area contributed by atoms with E-state index >= 15 is 0 Å². The van der Waals surface area contributed by atoms with Gasteiger partial charge in [-0.2, -0.15) is 5.10 Å². The van der Waals surface area contributed by atoms with Gasteiger partial charge in [-0.1, -0.05) is 6.58 Å². The molecule has 0 spiro atoms. The molecule has 1 fully saturated rings. The lowest BCUT2D eigenvalue weighted by Crippen LogP contribution is -2.42. The number of hydrogen-bond acceptors (Lipinski definition) is 3. The van der Waals surface area contributed by atoms with Crippen LogP contribution in [0.1, 0.15) is 48.9 Å². The Labute approximate surface area is 137 Å². The summed E-state index contributed by atoms with van der Waals surface area (Å²) < 4.78 is 1.96. The summed E-state index contributed by atoms with van der Waals surface area (Å²) in [5, 5.41) is 7.21. The fourth-order valence-corrected chi connectivity index (χ4v) is 2.62. The molecule has 1 aromatic heterocycles. The summed E-state index contributed by atoms with van der Waals surface area (Å²) in [5.74, 6) is 0.314. The fourth-order valence-electron chi connectivity index (χ4n) is 2.62. The van der Waals surface area contributed by atoms with Gasteiger partial charge in [-0.25, -0.2) is 0 Å². The van der Waals surface area contributed by atoms with Crippen molar-refractivity contribution in [2.45, 2.75) is 45.7 Å². The van der Waals surface area contributed by atoms with Gasteiger partial charge in [0.05, 0.1) is 6.04 Å².